The maximum Gasteiger partial charge on any atom is 0.125 e. The number of ether oxygens (including phenoxy) is 2. The summed E-state index contributed by atoms with van der Waals surface area (Å²) in [7, 11) is 0. The van der Waals surface area contributed by atoms with Gasteiger partial charge < -0.3 is 9.47 Å². The van der Waals surface area contributed by atoms with Gasteiger partial charge in [-0.1, -0.05) is 49.5 Å². The number of benzene rings is 1. The summed E-state index contributed by atoms with van der Waals surface area (Å²) in [6.07, 6.45) is 0.731. The third kappa shape index (κ3) is 7.37. The molecule has 2 nitrogen and oxygen atoms in total. The van der Waals surface area contributed by atoms with Gasteiger partial charge in [0.25, 0.3) is 0 Å². The average molecular weight is 528 g/mol. The minimum atomic E-state index is -0.314. The van der Waals surface area contributed by atoms with Crippen LogP contribution in [0.25, 0.3) is 0 Å². The van der Waals surface area contributed by atoms with E-state index in [2.05, 4.69) is 13.8 Å². The van der Waals surface area contributed by atoms with E-state index in [9.17, 15) is 0 Å². The second kappa shape index (κ2) is 10.5. The van der Waals surface area contributed by atoms with E-state index in [0.29, 0.717) is 22.6 Å². The fourth-order valence-corrected chi connectivity index (χ4v) is 1.76. The van der Waals surface area contributed by atoms with Crippen molar-refractivity contribution in [2.24, 2.45) is 5.92 Å². The molecule has 1 aromatic rings. The zero-order chi connectivity index (χ0) is 13.5. The van der Waals surface area contributed by atoms with E-state index < -0.39 is 0 Å². The SMILES string of the molecule is CCC(C)[CH-]OC(C)OCc1c(Cl)cccc1Cl.[U]. The summed E-state index contributed by atoms with van der Waals surface area (Å²) in [5.74, 6) is 0.417. The number of halogens is 2. The van der Waals surface area contributed by atoms with Crippen LogP contribution in [0.15, 0.2) is 18.2 Å². The number of hydrogen-bond donors (Lipinski definition) is 0. The molecular weight excluding hydrogens is 509 g/mol. The molecule has 0 aromatic heterocycles. The standard InChI is InChI=1S/C14H19Cl2O2.U/c1-4-10(2)8-17-11(3)18-9-12-13(15)6-5-7-14(12)16;/h5-8,10-11H,4,9H2,1-3H3;/q-1;. The van der Waals surface area contributed by atoms with Crippen LogP contribution in [-0.2, 0) is 16.1 Å². The normalized spacial score (nSPS) is 13.7. The van der Waals surface area contributed by atoms with Crippen LogP contribution in [-0.4, -0.2) is 6.29 Å². The Hall–Kier alpha value is 0.772. The minimum Gasteiger partial charge on any atom is -0.530 e. The predicted octanol–water partition coefficient (Wildman–Crippen LogP) is 5.08. The molecule has 0 aliphatic heterocycles. The fourth-order valence-electron chi connectivity index (χ4n) is 1.25. The van der Waals surface area contributed by atoms with Gasteiger partial charge in [0.15, 0.2) is 0 Å². The first-order valence-corrected chi connectivity index (χ1v) is 6.83. The van der Waals surface area contributed by atoms with Crippen LogP contribution in [0, 0.1) is 43.6 Å². The summed E-state index contributed by atoms with van der Waals surface area (Å²) >= 11 is 12.1. The topological polar surface area (TPSA) is 18.5 Å². The first kappa shape index (κ1) is 19.8. The Morgan fingerprint density at radius 3 is 2.32 bits per heavy atom. The molecule has 0 radical (unpaired) electrons. The number of rotatable bonds is 7. The summed E-state index contributed by atoms with van der Waals surface area (Å²) in [6.45, 7) is 8.20. The van der Waals surface area contributed by atoms with Crippen LogP contribution >= 0.6 is 23.2 Å². The molecule has 1 aromatic carbocycles. The van der Waals surface area contributed by atoms with Crippen molar-refractivity contribution in [3.05, 3.63) is 40.4 Å². The van der Waals surface area contributed by atoms with Crippen LogP contribution < -0.4 is 0 Å². The molecule has 0 bridgehead atoms. The smallest absolute Gasteiger partial charge is 0.125 e. The van der Waals surface area contributed by atoms with E-state index in [4.69, 9.17) is 32.7 Å². The van der Waals surface area contributed by atoms with Gasteiger partial charge in [-0.2, -0.15) is 0 Å². The molecule has 0 heterocycles. The van der Waals surface area contributed by atoms with Gasteiger partial charge in [-0.25, -0.2) is 6.61 Å². The Morgan fingerprint density at radius 1 is 1.21 bits per heavy atom. The summed E-state index contributed by atoms with van der Waals surface area (Å²) in [6, 6.07) is 5.40. The molecule has 2 atom stereocenters. The molecule has 5 heteroatoms. The molecule has 0 aliphatic carbocycles. The van der Waals surface area contributed by atoms with Gasteiger partial charge in [-0.15, -0.1) is 5.92 Å². The van der Waals surface area contributed by atoms with Crippen molar-refractivity contribution in [3.63, 3.8) is 0 Å². The summed E-state index contributed by atoms with van der Waals surface area (Å²) in [4.78, 5) is 0. The average Bonchev–Trinajstić information content (AvgIpc) is 2.35. The minimum absolute atomic E-state index is 0. The molecule has 19 heavy (non-hydrogen) atoms. The van der Waals surface area contributed by atoms with E-state index in [0.717, 1.165) is 12.0 Å². The van der Waals surface area contributed by atoms with Gasteiger partial charge in [0, 0.05) is 46.7 Å². The zero-order valence-electron chi connectivity index (χ0n) is 11.5. The van der Waals surface area contributed by atoms with Gasteiger partial charge >= 0.3 is 0 Å². The summed E-state index contributed by atoms with van der Waals surface area (Å²) in [5.41, 5.74) is 0.792. The first-order valence-electron chi connectivity index (χ1n) is 6.07. The zero-order valence-corrected chi connectivity index (χ0v) is 17.1. The summed E-state index contributed by atoms with van der Waals surface area (Å²) < 4.78 is 11.0. The summed E-state index contributed by atoms with van der Waals surface area (Å²) in [5, 5.41) is 1.22. The van der Waals surface area contributed by atoms with Crippen LogP contribution in [0.5, 0.6) is 0 Å². The maximum atomic E-state index is 6.05. The predicted molar refractivity (Wildman–Crippen MR) is 75.6 cm³/mol. The second-order valence-corrected chi connectivity index (χ2v) is 5.05. The Bertz CT molecular complexity index is 354. The van der Waals surface area contributed by atoms with Gasteiger partial charge in [-0.05, 0) is 19.1 Å². The molecule has 0 saturated heterocycles. The second-order valence-electron chi connectivity index (χ2n) is 4.24. The van der Waals surface area contributed by atoms with Crippen molar-refractivity contribution in [1.29, 1.82) is 0 Å². The molecule has 0 amide bonds. The largest absolute Gasteiger partial charge is 0.530 e. The van der Waals surface area contributed by atoms with Crippen LogP contribution in [0.3, 0.4) is 0 Å². The Morgan fingerprint density at radius 2 is 1.79 bits per heavy atom. The van der Waals surface area contributed by atoms with Crippen LogP contribution in [0.2, 0.25) is 10.0 Å². The van der Waals surface area contributed by atoms with E-state index in [1.54, 1.807) is 18.7 Å². The third-order valence-electron chi connectivity index (χ3n) is 2.67. The van der Waals surface area contributed by atoms with Crippen molar-refractivity contribution in [3.8, 4) is 0 Å². The molecule has 2 unspecified atom stereocenters. The van der Waals surface area contributed by atoms with E-state index in [-0.39, 0.29) is 37.4 Å². The Labute approximate surface area is 149 Å². The molecule has 0 spiro atoms. The van der Waals surface area contributed by atoms with Crippen LogP contribution in [0.1, 0.15) is 32.8 Å². The number of hydrogen-bond acceptors (Lipinski definition) is 2. The molecule has 0 fully saturated rings. The van der Waals surface area contributed by atoms with Crippen molar-refractivity contribution in [2.45, 2.75) is 40.1 Å². The Balaban J connectivity index is 0.00000324. The van der Waals surface area contributed by atoms with Crippen LogP contribution in [0.4, 0.5) is 0 Å². The van der Waals surface area contributed by atoms with E-state index >= 15 is 0 Å². The fraction of sp³-hybridized carbons (Fsp3) is 0.500. The van der Waals surface area contributed by atoms with Gasteiger partial charge in [0.2, 0.25) is 0 Å². The third-order valence-corrected chi connectivity index (χ3v) is 3.38. The van der Waals surface area contributed by atoms with Crippen molar-refractivity contribution in [1.82, 2.24) is 0 Å². The van der Waals surface area contributed by atoms with Crippen molar-refractivity contribution in [2.75, 3.05) is 0 Å². The molecule has 1 rings (SSSR count). The van der Waals surface area contributed by atoms with E-state index in [1.165, 1.54) is 0 Å². The molecular formula is C14H19Cl2O2U-. The van der Waals surface area contributed by atoms with E-state index in [1.807, 2.05) is 13.0 Å². The first-order chi connectivity index (χ1) is 8.54. The quantitative estimate of drug-likeness (QED) is 0.363. The monoisotopic (exact) mass is 527 g/mol. The maximum absolute atomic E-state index is 6.05. The molecule has 0 N–H and O–H groups in total. The van der Waals surface area contributed by atoms with Gasteiger partial charge in [-0.3, -0.25) is 0 Å². The van der Waals surface area contributed by atoms with Gasteiger partial charge in [0.05, 0.1) is 6.61 Å². The van der Waals surface area contributed by atoms with Gasteiger partial charge in [0.1, 0.15) is 6.29 Å². The molecule has 0 saturated carbocycles. The Kier molecular flexibility index (Phi) is 10.9. The molecule has 106 valence electrons. The van der Waals surface area contributed by atoms with Crippen molar-refractivity contribution < 1.29 is 40.6 Å². The molecule has 0 aliphatic rings. The van der Waals surface area contributed by atoms with Crippen molar-refractivity contribution >= 4 is 23.2 Å².